The summed E-state index contributed by atoms with van der Waals surface area (Å²) in [5, 5.41) is 8.50. The molecule has 68 valence electrons. The van der Waals surface area contributed by atoms with E-state index in [4.69, 9.17) is 5.11 Å². The van der Waals surface area contributed by atoms with Crippen molar-refractivity contribution in [1.29, 1.82) is 0 Å². The second-order valence-electron chi connectivity index (χ2n) is 2.12. The Morgan fingerprint density at radius 2 is 2.08 bits per heavy atom. The second kappa shape index (κ2) is 4.54. The largest absolute Gasteiger partial charge is 0.475 e. The highest BCUT2D eigenvalue weighted by atomic mass is 16.4. The van der Waals surface area contributed by atoms with Crippen LogP contribution >= 0.6 is 0 Å². The molecule has 1 aromatic heterocycles. The summed E-state index contributed by atoms with van der Waals surface area (Å²) in [6, 6.07) is 0. The predicted octanol–water partition coefficient (Wildman–Crippen LogP) is 1.45. The summed E-state index contributed by atoms with van der Waals surface area (Å²) in [4.78, 5) is 14.1. The molecule has 0 unspecified atom stereocenters. The maximum absolute atomic E-state index is 10.4. The zero-order chi connectivity index (χ0) is 9.72. The van der Waals surface area contributed by atoms with Crippen molar-refractivity contribution in [2.75, 3.05) is 0 Å². The molecule has 12 heavy (non-hydrogen) atoms. The Balaban J connectivity index is 0.000000561. The van der Waals surface area contributed by atoms with Crippen LogP contribution in [0.25, 0.3) is 0 Å². The number of imidazole rings is 1. The number of hydrogen-bond acceptors (Lipinski definition) is 2. The third kappa shape index (κ3) is 2.38. The molecule has 1 rings (SSSR count). The van der Waals surface area contributed by atoms with Crippen molar-refractivity contribution in [3.8, 4) is 0 Å². The Hall–Kier alpha value is -1.32. The Kier molecular flexibility index (Phi) is 4.04. The number of aromatic nitrogens is 2. The summed E-state index contributed by atoms with van der Waals surface area (Å²) in [6.45, 7) is 5.76. The van der Waals surface area contributed by atoms with Gasteiger partial charge in [-0.1, -0.05) is 13.8 Å². The highest BCUT2D eigenvalue weighted by molar-refractivity contribution is 5.83. The fourth-order valence-electron chi connectivity index (χ4n) is 0.815. The smallest absolute Gasteiger partial charge is 0.372 e. The van der Waals surface area contributed by atoms with Gasteiger partial charge >= 0.3 is 5.97 Å². The SMILES string of the molecule is CC.Cc1cn(C)c(C(=O)O)n1. The van der Waals surface area contributed by atoms with Gasteiger partial charge in [-0.2, -0.15) is 0 Å². The van der Waals surface area contributed by atoms with E-state index in [1.165, 1.54) is 4.57 Å². The molecule has 0 fully saturated rings. The molecule has 0 amide bonds. The van der Waals surface area contributed by atoms with Gasteiger partial charge < -0.3 is 9.67 Å². The minimum atomic E-state index is -0.990. The third-order valence-electron chi connectivity index (χ3n) is 1.19. The maximum atomic E-state index is 10.4. The number of aromatic carboxylic acids is 1. The van der Waals surface area contributed by atoms with Crippen LogP contribution in [0.15, 0.2) is 6.20 Å². The van der Waals surface area contributed by atoms with Crippen molar-refractivity contribution in [2.45, 2.75) is 20.8 Å². The lowest BCUT2D eigenvalue weighted by molar-refractivity contribution is 0.0679. The minimum absolute atomic E-state index is 0.0810. The van der Waals surface area contributed by atoms with Crippen LogP contribution in [0, 0.1) is 6.92 Å². The Morgan fingerprint density at radius 1 is 1.58 bits per heavy atom. The van der Waals surface area contributed by atoms with E-state index in [1.54, 1.807) is 20.2 Å². The van der Waals surface area contributed by atoms with Gasteiger partial charge in [0.15, 0.2) is 0 Å². The summed E-state index contributed by atoms with van der Waals surface area (Å²) in [6.07, 6.45) is 1.67. The van der Waals surface area contributed by atoms with Crippen LogP contribution in [-0.4, -0.2) is 20.6 Å². The van der Waals surface area contributed by atoms with Crippen molar-refractivity contribution in [1.82, 2.24) is 9.55 Å². The van der Waals surface area contributed by atoms with Gasteiger partial charge in [0, 0.05) is 13.2 Å². The van der Waals surface area contributed by atoms with Gasteiger partial charge in [0.25, 0.3) is 0 Å². The van der Waals surface area contributed by atoms with Gasteiger partial charge in [0.05, 0.1) is 5.69 Å². The molecule has 1 aromatic rings. The van der Waals surface area contributed by atoms with E-state index in [1.807, 2.05) is 13.8 Å². The first-order valence-electron chi connectivity index (χ1n) is 3.84. The van der Waals surface area contributed by atoms with Crippen molar-refractivity contribution in [3.05, 3.63) is 17.7 Å². The van der Waals surface area contributed by atoms with Crippen molar-refractivity contribution >= 4 is 5.97 Å². The number of aryl methyl sites for hydroxylation is 2. The lowest BCUT2D eigenvalue weighted by atomic mass is 10.6. The molecule has 4 heteroatoms. The number of carbonyl (C=O) groups is 1. The highest BCUT2D eigenvalue weighted by Gasteiger charge is 2.08. The van der Waals surface area contributed by atoms with Gasteiger partial charge in [-0.15, -0.1) is 0 Å². The zero-order valence-corrected chi connectivity index (χ0v) is 7.83. The van der Waals surface area contributed by atoms with Crippen LogP contribution in [0.2, 0.25) is 0 Å². The second-order valence-corrected chi connectivity index (χ2v) is 2.12. The molecule has 0 saturated heterocycles. The molecule has 0 radical (unpaired) electrons. The van der Waals surface area contributed by atoms with Crippen LogP contribution in [-0.2, 0) is 7.05 Å². The fraction of sp³-hybridized carbons (Fsp3) is 0.500. The van der Waals surface area contributed by atoms with E-state index in [0.29, 0.717) is 0 Å². The normalized spacial score (nSPS) is 8.67. The first kappa shape index (κ1) is 10.7. The number of nitrogens with zero attached hydrogens (tertiary/aromatic N) is 2. The Morgan fingerprint density at radius 3 is 2.25 bits per heavy atom. The number of hydrogen-bond donors (Lipinski definition) is 1. The van der Waals surface area contributed by atoms with Crippen molar-refractivity contribution in [2.24, 2.45) is 7.05 Å². The first-order chi connectivity index (χ1) is 5.61. The molecule has 0 bridgehead atoms. The molecule has 0 saturated carbocycles. The average Bonchev–Trinajstić information content (AvgIpc) is 2.34. The van der Waals surface area contributed by atoms with Gasteiger partial charge in [0.1, 0.15) is 0 Å². The topological polar surface area (TPSA) is 55.1 Å². The van der Waals surface area contributed by atoms with E-state index in [-0.39, 0.29) is 5.82 Å². The van der Waals surface area contributed by atoms with E-state index in [2.05, 4.69) is 4.98 Å². The molecule has 0 atom stereocenters. The Bertz CT molecular complexity index is 266. The summed E-state index contributed by atoms with van der Waals surface area (Å²) < 4.78 is 1.48. The summed E-state index contributed by atoms with van der Waals surface area (Å²) in [7, 11) is 1.66. The molecule has 0 aliphatic rings. The molecule has 0 aliphatic carbocycles. The lowest BCUT2D eigenvalue weighted by Crippen LogP contribution is -2.04. The Labute approximate surface area is 71.9 Å². The van der Waals surface area contributed by atoms with Gasteiger partial charge in [-0.3, -0.25) is 0 Å². The van der Waals surface area contributed by atoms with E-state index in [9.17, 15) is 4.79 Å². The van der Waals surface area contributed by atoms with Gasteiger partial charge in [0.2, 0.25) is 5.82 Å². The van der Waals surface area contributed by atoms with E-state index >= 15 is 0 Å². The van der Waals surface area contributed by atoms with Crippen LogP contribution in [0.4, 0.5) is 0 Å². The van der Waals surface area contributed by atoms with E-state index in [0.717, 1.165) is 5.69 Å². The van der Waals surface area contributed by atoms with Crippen molar-refractivity contribution < 1.29 is 9.90 Å². The minimum Gasteiger partial charge on any atom is -0.475 e. The van der Waals surface area contributed by atoms with Crippen LogP contribution < -0.4 is 0 Å². The van der Waals surface area contributed by atoms with Gasteiger partial charge in [-0.25, -0.2) is 9.78 Å². The highest BCUT2D eigenvalue weighted by Crippen LogP contribution is 1.98. The van der Waals surface area contributed by atoms with Crippen molar-refractivity contribution in [3.63, 3.8) is 0 Å². The standard InChI is InChI=1S/C6H8N2O2.C2H6/c1-4-3-8(2)5(7-4)6(9)10;1-2/h3H,1-2H3,(H,9,10);1-2H3. The number of carboxylic acids is 1. The molecule has 0 aromatic carbocycles. The summed E-state index contributed by atoms with van der Waals surface area (Å²) >= 11 is 0. The van der Waals surface area contributed by atoms with Crippen LogP contribution in [0.3, 0.4) is 0 Å². The lowest BCUT2D eigenvalue weighted by Gasteiger charge is -1.90. The molecule has 0 spiro atoms. The molecule has 4 nitrogen and oxygen atoms in total. The summed E-state index contributed by atoms with van der Waals surface area (Å²) in [5.74, 6) is -0.909. The third-order valence-corrected chi connectivity index (χ3v) is 1.19. The quantitative estimate of drug-likeness (QED) is 0.694. The number of rotatable bonds is 1. The van der Waals surface area contributed by atoms with E-state index < -0.39 is 5.97 Å². The monoisotopic (exact) mass is 170 g/mol. The first-order valence-corrected chi connectivity index (χ1v) is 3.84. The molecule has 1 N–H and O–H groups in total. The zero-order valence-electron chi connectivity index (χ0n) is 7.83. The fourth-order valence-corrected chi connectivity index (χ4v) is 0.815. The summed E-state index contributed by atoms with van der Waals surface area (Å²) in [5.41, 5.74) is 0.722. The average molecular weight is 170 g/mol. The molecular formula is C8H14N2O2. The predicted molar refractivity (Wildman–Crippen MR) is 46.3 cm³/mol. The molecule has 1 heterocycles. The van der Waals surface area contributed by atoms with Crippen LogP contribution in [0.1, 0.15) is 30.2 Å². The van der Waals surface area contributed by atoms with Gasteiger partial charge in [-0.05, 0) is 6.92 Å². The molecular weight excluding hydrogens is 156 g/mol. The number of carboxylic acid groups (broad SMARTS) is 1. The molecule has 0 aliphatic heterocycles. The van der Waals surface area contributed by atoms with Crippen LogP contribution in [0.5, 0.6) is 0 Å². The maximum Gasteiger partial charge on any atom is 0.372 e.